The Morgan fingerprint density at radius 2 is 1.79 bits per heavy atom. The lowest BCUT2D eigenvalue weighted by atomic mass is 10.0. The number of halogens is 1. The van der Waals surface area contributed by atoms with Crippen LogP contribution in [0.1, 0.15) is 45.2 Å². The van der Waals surface area contributed by atoms with Crippen LogP contribution in [0.5, 0.6) is 0 Å². The van der Waals surface area contributed by atoms with Gasteiger partial charge in [-0.3, -0.25) is 34.3 Å². The van der Waals surface area contributed by atoms with Gasteiger partial charge in [0.15, 0.2) is 0 Å². The lowest BCUT2D eigenvalue weighted by molar-refractivity contribution is -0.136. The molecule has 172 valence electrons. The summed E-state index contributed by atoms with van der Waals surface area (Å²) in [7, 11) is 0. The minimum atomic E-state index is -0.969. The summed E-state index contributed by atoms with van der Waals surface area (Å²) in [6.07, 6.45) is 1.95. The molecule has 9 nitrogen and oxygen atoms in total. The summed E-state index contributed by atoms with van der Waals surface area (Å²) in [5.41, 5.74) is 2.96. The number of piperidine rings is 1. The maximum Gasteiger partial charge on any atom is 0.262 e. The number of nitrogens with one attached hydrogen (secondary N) is 1. The lowest BCUT2D eigenvalue weighted by Gasteiger charge is -2.40. The van der Waals surface area contributed by atoms with Crippen LogP contribution in [0, 0.1) is 5.82 Å². The van der Waals surface area contributed by atoms with Gasteiger partial charge in [-0.05, 0) is 36.2 Å². The largest absolute Gasteiger partial charge is 0.325 e. The highest BCUT2D eigenvalue weighted by Gasteiger charge is 2.44. The predicted molar refractivity (Wildman–Crippen MR) is 117 cm³/mol. The molecular formula is C24H20FN5O4. The van der Waals surface area contributed by atoms with Crippen LogP contribution in [0.15, 0.2) is 42.7 Å². The Labute approximate surface area is 193 Å². The first-order valence-corrected chi connectivity index (χ1v) is 11.1. The Kier molecular flexibility index (Phi) is 4.59. The summed E-state index contributed by atoms with van der Waals surface area (Å²) in [6, 6.07) is 8.99. The SMILES string of the molecule is O=C1CCC(N2C(=O)c3ccc(CN4CC(n5cnc6cc(F)ccc65)C4)cc3C2=O)C(=O)N1. The van der Waals surface area contributed by atoms with Crippen molar-refractivity contribution in [2.24, 2.45) is 0 Å². The van der Waals surface area contributed by atoms with Crippen molar-refractivity contribution in [2.75, 3.05) is 13.1 Å². The first-order valence-electron chi connectivity index (χ1n) is 11.1. The average molecular weight is 461 g/mol. The zero-order chi connectivity index (χ0) is 23.6. The molecule has 3 aliphatic rings. The van der Waals surface area contributed by atoms with E-state index in [1.807, 2.05) is 10.6 Å². The first-order chi connectivity index (χ1) is 16.4. The average Bonchev–Trinajstić information content (AvgIpc) is 3.29. The number of fused-ring (bicyclic) bond motifs is 2. The van der Waals surface area contributed by atoms with Crippen molar-refractivity contribution in [3.63, 3.8) is 0 Å². The number of carbonyl (C=O) groups is 4. The number of rotatable bonds is 4. The molecule has 1 N–H and O–H groups in total. The molecule has 2 saturated heterocycles. The number of imide groups is 2. The van der Waals surface area contributed by atoms with Gasteiger partial charge >= 0.3 is 0 Å². The van der Waals surface area contributed by atoms with E-state index in [0.29, 0.717) is 12.1 Å². The number of benzene rings is 2. The monoisotopic (exact) mass is 461 g/mol. The Balaban J connectivity index is 1.15. The molecular weight excluding hydrogens is 441 g/mol. The van der Waals surface area contributed by atoms with Crippen molar-refractivity contribution < 1.29 is 23.6 Å². The van der Waals surface area contributed by atoms with E-state index in [-0.39, 0.29) is 35.8 Å². The molecule has 4 amide bonds. The molecule has 4 heterocycles. The summed E-state index contributed by atoms with van der Waals surface area (Å²) in [4.78, 5) is 56.9. The van der Waals surface area contributed by atoms with E-state index in [2.05, 4.69) is 15.2 Å². The Morgan fingerprint density at radius 1 is 1.00 bits per heavy atom. The molecule has 34 heavy (non-hydrogen) atoms. The normalized spacial score (nSPS) is 21.2. The molecule has 0 radical (unpaired) electrons. The minimum Gasteiger partial charge on any atom is -0.325 e. The van der Waals surface area contributed by atoms with Gasteiger partial charge in [0.1, 0.15) is 11.9 Å². The van der Waals surface area contributed by atoms with Gasteiger partial charge in [-0.2, -0.15) is 0 Å². The highest BCUT2D eigenvalue weighted by atomic mass is 19.1. The Bertz CT molecular complexity index is 1390. The molecule has 0 aliphatic carbocycles. The molecule has 3 aliphatic heterocycles. The van der Waals surface area contributed by atoms with Crippen molar-refractivity contribution in [3.8, 4) is 0 Å². The molecule has 2 aromatic carbocycles. The third-order valence-electron chi connectivity index (χ3n) is 6.78. The maximum atomic E-state index is 13.4. The second-order valence-electron chi connectivity index (χ2n) is 8.96. The summed E-state index contributed by atoms with van der Waals surface area (Å²) in [5, 5.41) is 2.20. The van der Waals surface area contributed by atoms with E-state index in [4.69, 9.17) is 0 Å². The first kappa shape index (κ1) is 20.7. The topological polar surface area (TPSA) is 105 Å². The van der Waals surface area contributed by atoms with Gasteiger partial charge in [-0.1, -0.05) is 6.07 Å². The summed E-state index contributed by atoms with van der Waals surface area (Å²) < 4.78 is 15.5. The summed E-state index contributed by atoms with van der Waals surface area (Å²) >= 11 is 0. The van der Waals surface area contributed by atoms with E-state index in [0.717, 1.165) is 29.1 Å². The number of likely N-dealkylation sites (tertiary alicyclic amines) is 1. The van der Waals surface area contributed by atoms with Crippen LogP contribution in [0.4, 0.5) is 4.39 Å². The van der Waals surface area contributed by atoms with E-state index in [9.17, 15) is 23.6 Å². The zero-order valence-electron chi connectivity index (χ0n) is 18.0. The van der Waals surface area contributed by atoms with Crippen LogP contribution < -0.4 is 5.32 Å². The fraction of sp³-hybridized carbons (Fsp3) is 0.292. The summed E-state index contributed by atoms with van der Waals surface area (Å²) in [5.74, 6) is -2.34. The number of hydrogen-bond donors (Lipinski definition) is 1. The zero-order valence-corrected chi connectivity index (χ0v) is 18.0. The van der Waals surface area contributed by atoms with Crippen LogP contribution in [-0.4, -0.2) is 62.1 Å². The Morgan fingerprint density at radius 3 is 2.59 bits per heavy atom. The number of amides is 4. The van der Waals surface area contributed by atoms with Crippen LogP contribution in [-0.2, 0) is 16.1 Å². The second kappa shape index (κ2) is 7.56. The van der Waals surface area contributed by atoms with E-state index in [1.54, 1.807) is 24.5 Å². The van der Waals surface area contributed by atoms with Crippen LogP contribution in [0.3, 0.4) is 0 Å². The van der Waals surface area contributed by atoms with Crippen LogP contribution in [0.25, 0.3) is 11.0 Å². The van der Waals surface area contributed by atoms with Gasteiger partial charge in [-0.15, -0.1) is 0 Å². The highest BCUT2D eigenvalue weighted by Crippen LogP contribution is 2.31. The molecule has 2 fully saturated rings. The number of imidazole rings is 1. The van der Waals surface area contributed by atoms with Gasteiger partial charge in [0, 0.05) is 32.1 Å². The smallest absolute Gasteiger partial charge is 0.262 e. The molecule has 0 saturated carbocycles. The van der Waals surface area contributed by atoms with E-state index in [1.165, 1.54) is 12.1 Å². The third kappa shape index (κ3) is 3.21. The molecule has 1 aromatic heterocycles. The van der Waals surface area contributed by atoms with Crippen molar-refractivity contribution in [1.82, 2.24) is 24.7 Å². The van der Waals surface area contributed by atoms with Crippen molar-refractivity contribution in [3.05, 3.63) is 65.2 Å². The molecule has 1 unspecified atom stereocenters. The quantitative estimate of drug-likeness (QED) is 0.593. The number of hydrogen-bond acceptors (Lipinski definition) is 6. The predicted octanol–water partition coefficient (Wildman–Crippen LogP) is 1.63. The second-order valence-corrected chi connectivity index (χ2v) is 8.96. The van der Waals surface area contributed by atoms with Crippen molar-refractivity contribution >= 4 is 34.7 Å². The molecule has 0 bridgehead atoms. The number of carbonyl (C=O) groups excluding carboxylic acids is 4. The van der Waals surface area contributed by atoms with Crippen molar-refractivity contribution in [2.45, 2.75) is 31.5 Å². The number of nitrogens with zero attached hydrogens (tertiary/aromatic N) is 4. The van der Waals surface area contributed by atoms with E-state index >= 15 is 0 Å². The van der Waals surface area contributed by atoms with Gasteiger partial charge < -0.3 is 4.57 Å². The van der Waals surface area contributed by atoms with Crippen molar-refractivity contribution in [1.29, 1.82) is 0 Å². The summed E-state index contributed by atoms with van der Waals surface area (Å²) in [6.45, 7) is 2.15. The standard InChI is InChI=1S/C24H20FN5O4/c25-14-2-4-19-18(8-14)26-12-29(19)15-10-28(11-15)9-13-1-3-16-17(7-13)24(34)30(23(16)33)20-5-6-21(31)27-22(20)32/h1-4,7-8,12,15,20H,5-6,9-11H2,(H,27,31,32). The van der Waals surface area contributed by atoms with Gasteiger partial charge in [0.25, 0.3) is 11.8 Å². The van der Waals surface area contributed by atoms with Crippen LogP contribution >= 0.6 is 0 Å². The molecule has 1 atom stereocenters. The van der Waals surface area contributed by atoms with Gasteiger partial charge in [-0.25, -0.2) is 9.37 Å². The van der Waals surface area contributed by atoms with Crippen LogP contribution in [0.2, 0.25) is 0 Å². The third-order valence-corrected chi connectivity index (χ3v) is 6.78. The fourth-order valence-corrected chi connectivity index (χ4v) is 5.02. The van der Waals surface area contributed by atoms with Gasteiger partial charge in [0.05, 0.1) is 34.5 Å². The number of aromatic nitrogens is 2. The Hall–Kier alpha value is -3.92. The highest BCUT2D eigenvalue weighted by molar-refractivity contribution is 6.23. The molecule has 3 aromatic rings. The maximum absolute atomic E-state index is 13.4. The van der Waals surface area contributed by atoms with Gasteiger partial charge in [0.2, 0.25) is 11.8 Å². The molecule has 10 heteroatoms. The van der Waals surface area contributed by atoms with E-state index < -0.39 is 29.7 Å². The molecule has 6 rings (SSSR count). The molecule has 0 spiro atoms. The minimum absolute atomic E-state index is 0.0896. The lowest BCUT2D eigenvalue weighted by Crippen LogP contribution is -2.54. The fourth-order valence-electron chi connectivity index (χ4n) is 5.02.